The molecule has 0 spiro atoms. The molecule has 0 bridgehead atoms. The molecule has 0 aliphatic carbocycles. The summed E-state index contributed by atoms with van der Waals surface area (Å²) >= 11 is 5.79. The smallest absolute Gasteiger partial charge is 0.201 e. The van der Waals surface area contributed by atoms with Crippen molar-refractivity contribution in [2.45, 2.75) is 35.9 Å². The van der Waals surface area contributed by atoms with Crippen molar-refractivity contribution in [2.75, 3.05) is 20.0 Å². The number of ether oxygens (including phenoxy) is 2. The lowest BCUT2D eigenvalue weighted by Crippen LogP contribution is -2.21. The van der Waals surface area contributed by atoms with Gasteiger partial charge in [-0.25, -0.2) is 4.98 Å². The van der Waals surface area contributed by atoms with E-state index in [2.05, 4.69) is 18.8 Å². The predicted octanol–water partition coefficient (Wildman–Crippen LogP) is 3.73. The van der Waals surface area contributed by atoms with Gasteiger partial charge in [-0.05, 0) is 0 Å². The van der Waals surface area contributed by atoms with Gasteiger partial charge in [-0.2, -0.15) is 11.8 Å². The maximum atomic E-state index is 5.23. The Kier molecular flexibility index (Phi) is 5.38. The lowest BCUT2D eigenvalue weighted by molar-refractivity contribution is -0.108. The first kappa shape index (κ1) is 14.7. The number of aromatic nitrogens is 1. The van der Waals surface area contributed by atoms with Crippen LogP contribution in [0.15, 0.2) is 5.38 Å². The van der Waals surface area contributed by atoms with Crippen LogP contribution in [-0.4, -0.2) is 35.5 Å². The third kappa shape index (κ3) is 3.22. The Balaban J connectivity index is 2.06. The van der Waals surface area contributed by atoms with Gasteiger partial charge in [0.2, 0.25) is 6.29 Å². The van der Waals surface area contributed by atoms with Crippen LogP contribution in [0.3, 0.4) is 0 Å². The van der Waals surface area contributed by atoms with Crippen LogP contribution in [0.5, 0.6) is 0 Å². The van der Waals surface area contributed by atoms with Crippen molar-refractivity contribution in [3.63, 3.8) is 0 Å². The first-order valence-corrected chi connectivity index (χ1v) is 8.80. The lowest BCUT2D eigenvalue weighted by Gasteiger charge is -2.30. The van der Waals surface area contributed by atoms with Crippen LogP contribution in [0.2, 0.25) is 0 Å². The van der Waals surface area contributed by atoms with Gasteiger partial charge in [0.1, 0.15) is 10.7 Å². The number of hydrogen-bond donors (Lipinski definition) is 0. The minimum Gasteiger partial charge on any atom is -0.350 e. The van der Waals surface area contributed by atoms with Crippen molar-refractivity contribution in [3.05, 3.63) is 16.1 Å². The van der Waals surface area contributed by atoms with Gasteiger partial charge in [0.25, 0.3) is 0 Å². The molecular weight excluding hydrogens is 286 g/mol. The van der Waals surface area contributed by atoms with E-state index in [9.17, 15) is 0 Å². The second-order valence-corrected chi connectivity index (χ2v) is 8.17. The highest BCUT2D eigenvalue weighted by Crippen LogP contribution is 2.45. The fraction of sp³-hybridized carbons (Fsp3) is 0.750. The Morgan fingerprint density at radius 3 is 2.61 bits per heavy atom. The minimum absolute atomic E-state index is 0.340. The van der Waals surface area contributed by atoms with Gasteiger partial charge in [0, 0.05) is 35.9 Å². The van der Waals surface area contributed by atoms with Gasteiger partial charge in [0.05, 0.1) is 5.25 Å². The van der Waals surface area contributed by atoms with Gasteiger partial charge in [-0.1, -0.05) is 13.8 Å². The SMILES string of the molecule is COC(OC)c1csc(C2CSC(C)C(C)S2)n1. The van der Waals surface area contributed by atoms with Crippen LogP contribution in [-0.2, 0) is 9.47 Å². The second-order valence-electron chi connectivity index (χ2n) is 4.28. The largest absolute Gasteiger partial charge is 0.350 e. The highest BCUT2D eigenvalue weighted by Gasteiger charge is 2.29. The van der Waals surface area contributed by atoms with E-state index in [1.165, 1.54) is 5.01 Å². The van der Waals surface area contributed by atoms with Crippen molar-refractivity contribution >= 4 is 34.9 Å². The number of thiazole rings is 1. The number of rotatable bonds is 4. The van der Waals surface area contributed by atoms with Crippen molar-refractivity contribution < 1.29 is 9.47 Å². The van der Waals surface area contributed by atoms with Crippen molar-refractivity contribution in [2.24, 2.45) is 0 Å². The molecule has 18 heavy (non-hydrogen) atoms. The zero-order valence-electron chi connectivity index (χ0n) is 11.1. The molecule has 3 atom stereocenters. The molecule has 0 N–H and O–H groups in total. The standard InChI is InChI=1S/C12H19NO2S3/c1-7-8(2)18-10(6-16-7)11-13-9(5-17-11)12(14-3)15-4/h5,7-8,10,12H,6H2,1-4H3. The predicted molar refractivity (Wildman–Crippen MR) is 80.6 cm³/mol. The molecule has 2 heterocycles. The molecule has 102 valence electrons. The van der Waals surface area contributed by atoms with E-state index in [1.807, 2.05) is 28.9 Å². The summed E-state index contributed by atoms with van der Waals surface area (Å²) < 4.78 is 10.5. The van der Waals surface area contributed by atoms with Crippen LogP contribution >= 0.6 is 34.9 Å². The summed E-state index contributed by atoms with van der Waals surface area (Å²) in [4.78, 5) is 4.67. The minimum atomic E-state index is -0.340. The molecule has 1 fully saturated rings. The van der Waals surface area contributed by atoms with Crippen LogP contribution in [0.25, 0.3) is 0 Å². The van der Waals surface area contributed by atoms with E-state index in [1.54, 1.807) is 25.6 Å². The summed E-state index contributed by atoms with van der Waals surface area (Å²) in [5.74, 6) is 1.15. The van der Waals surface area contributed by atoms with Crippen molar-refractivity contribution in [1.29, 1.82) is 0 Å². The molecule has 1 aromatic heterocycles. The maximum Gasteiger partial charge on any atom is 0.201 e. The topological polar surface area (TPSA) is 31.4 Å². The van der Waals surface area contributed by atoms with E-state index in [4.69, 9.17) is 9.47 Å². The van der Waals surface area contributed by atoms with Crippen LogP contribution in [0.4, 0.5) is 0 Å². The molecule has 0 amide bonds. The van der Waals surface area contributed by atoms with Gasteiger partial charge < -0.3 is 9.47 Å². The van der Waals surface area contributed by atoms with Crippen LogP contribution in [0, 0.1) is 0 Å². The zero-order valence-corrected chi connectivity index (χ0v) is 13.5. The average Bonchev–Trinajstić information content (AvgIpc) is 2.84. The summed E-state index contributed by atoms with van der Waals surface area (Å²) in [6.45, 7) is 4.60. The zero-order chi connectivity index (χ0) is 13.1. The molecule has 0 radical (unpaired) electrons. The summed E-state index contributed by atoms with van der Waals surface area (Å²) in [6, 6.07) is 0. The molecule has 0 aromatic carbocycles. The molecular formula is C12H19NO2S3. The van der Waals surface area contributed by atoms with Gasteiger partial charge in [-0.3, -0.25) is 0 Å². The summed E-state index contributed by atoms with van der Waals surface area (Å²) in [5, 5.41) is 5.16. The van der Waals surface area contributed by atoms with E-state index in [0.717, 1.165) is 16.7 Å². The molecule has 6 heteroatoms. The summed E-state index contributed by atoms with van der Waals surface area (Å²) in [6.07, 6.45) is -0.340. The Morgan fingerprint density at radius 1 is 1.28 bits per heavy atom. The molecule has 1 aliphatic rings. The molecule has 1 aliphatic heterocycles. The van der Waals surface area contributed by atoms with E-state index in [-0.39, 0.29) is 6.29 Å². The van der Waals surface area contributed by atoms with Crippen LogP contribution < -0.4 is 0 Å². The Morgan fingerprint density at radius 2 is 2.00 bits per heavy atom. The van der Waals surface area contributed by atoms with Crippen molar-refractivity contribution in [3.8, 4) is 0 Å². The molecule has 0 saturated carbocycles. The van der Waals surface area contributed by atoms with E-state index >= 15 is 0 Å². The first-order chi connectivity index (χ1) is 8.65. The number of hydrogen-bond acceptors (Lipinski definition) is 6. The lowest BCUT2D eigenvalue weighted by atomic mass is 10.4. The normalized spacial score (nSPS) is 28.8. The third-order valence-corrected chi connectivity index (χ3v) is 7.56. The maximum absolute atomic E-state index is 5.23. The number of thioether (sulfide) groups is 2. The second kappa shape index (κ2) is 6.61. The fourth-order valence-electron chi connectivity index (χ4n) is 1.81. The number of nitrogens with zero attached hydrogens (tertiary/aromatic N) is 1. The van der Waals surface area contributed by atoms with Gasteiger partial charge >= 0.3 is 0 Å². The first-order valence-electron chi connectivity index (χ1n) is 5.93. The Bertz CT molecular complexity index is 381. The Labute approximate surface area is 121 Å². The summed E-state index contributed by atoms with van der Waals surface area (Å²) in [5.41, 5.74) is 0.886. The molecule has 2 rings (SSSR count). The molecule has 1 aromatic rings. The quantitative estimate of drug-likeness (QED) is 0.791. The van der Waals surface area contributed by atoms with E-state index in [0.29, 0.717) is 10.5 Å². The molecule has 1 saturated heterocycles. The van der Waals surface area contributed by atoms with Gasteiger partial charge in [-0.15, -0.1) is 23.1 Å². The average molecular weight is 305 g/mol. The van der Waals surface area contributed by atoms with Gasteiger partial charge in [0.15, 0.2) is 0 Å². The Hall–Kier alpha value is 0.250. The van der Waals surface area contributed by atoms with Crippen molar-refractivity contribution in [1.82, 2.24) is 4.98 Å². The highest BCUT2D eigenvalue weighted by atomic mass is 32.2. The molecule has 3 unspecified atom stereocenters. The van der Waals surface area contributed by atoms with E-state index < -0.39 is 0 Å². The monoisotopic (exact) mass is 305 g/mol. The third-order valence-electron chi connectivity index (χ3n) is 3.04. The molecule has 3 nitrogen and oxygen atoms in total. The highest BCUT2D eigenvalue weighted by molar-refractivity contribution is 8.07. The number of methoxy groups -OCH3 is 2. The van der Waals surface area contributed by atoms with Crippen LogP contribution in [0.1, 0.15) is 36.1 Å². The fourth-order valence-corrected chi connectivity index (χ4v) is 5.84. The summed E-state index contributed by atoms with van der Waals surface area (Å²) in [7, 11) is 3.28.